The minimum atomic E-state index is -0.0696. The SMILES string of the molecule is CCNC(=NCc1cccc(NC(C)=O)c1)NC1CCN(c2ccccc2)C1.I. The summed E-state index contributed by atoms with van der Waals surface area (Å²) < 4.78 is 0. The van der Waals surface area contributed by atoms with Gasteiger partial charge in [0, 0.05) is 44.0 Å². The molecule has 2 aromatic rings. The maximum Gasteiger partial charge on any atom is 0.221 e. The number of rotatable bonds is 6. The summed E-state index contributed by atoms with van der Waals surface area (Å²) in [7, 11) is 0. The minimum Gasteiger partial charge on any atom is -0.369 e. The van der Waals surface area contributed by atoms with Crippen LogP contribution in [0.15, 0.2) is 59.6 Å². The summed E-state index contributed by atoms with van der Waals surface area (Å²) in [5.74, 6) is 0.757. The van der Waals surface area contributed by atoms with Gasteiger partial charge in [-0.2, -0.15) is 0 Å². The second-order valence-electron chi connectivity index (χ2n) is 6.99. The van der Waals surface area contributed by atoms with Crippen molar-refractivity contribution in [1.82, 2.24) is 10.6 Å². The van der Waals surface area contributed by atoms with E-state index in [9.17, 15) is 4.79 Å². The van der Waals surface area contributed by atoms with Crippen molar-refractivity contribution < 1.29 is 4.79 Å². The second-order valence-corrected chi connectivity index (χ2v) is 6.99. The molecule has 0 aromatic heterocycles. The molecule has 1 saturated heterocycles. The predicted molar refractivity (Wildman–Crippen MR) is 131 cm³/mol. The first-order valence-corrected chi connectivity index (χ1v) is 9.85. The summed E-state index contributed by atoms with van der Waals surface area (Å²) in [6.45, 7) is 6.95. The van der Waals surface area contributed by atoms with Gasteiger partial charge in [-0.05, 0) is 43.2 Å². The van der Waals surface area contributed by atoms with E-state index in [2.05, 4.69) is 52.0 Å². The number of hydrogen-bond acceptors (Lipinski definition) is 3. The summed E-state index contributed by atoms with van der Waals surface area (Å²) in [6, 6.07) is 18.7. The van der Waals surface area contributed by atoms with Gasteiger partial charge in [-0.25, -0.2) is 4.99 Å². The molecule has 0 saturated carbocycles. The van der Waals surface area contributed by atoms with E-state index in [1.807, 2.05) is 30.3 Å². The highest BCUT2D eigenvalue weighted by atomic mass is 127. The van der Waals surface area contributed by atoms with Crippen molar-refractivity contribution in [2.24, 2.45) is 4.99 Å². The van der Waals surface area contributed by atoms with E-state index < -0.39 is 0 Å². The number of aliphatic imine (C=N–C) groups is 1. The Morgan fingerprint density at radius 2 is 1.97 bits per heavy atom. The molecule has 0 bridgehead atoms. The van der Waals surface area contributed by atoms with Gasteiger partial charge in [-0.3, -0.25) is 4.79 Å². The van der Waals surface area contributed by atoms with Crippen molar-refractivity contribution in [1.29, 1.82) is 0 Å². The summed E-state index contributed by atoms with van der Waals surface area (Å²) in [5.41, 5.74) is 3.12. The van der Waals surface area contributed by atoms with Crippen LogP contribution in [0.3, 0.4) is 0 Å². The monoisotopic (exact) mass is 507 g/mol. The van der Waals surface area contributed by atoms with E-state index in [0.29, 0.717) is 12.6 Å². The average Bonchev–Trinajstić information content (AvgIpc) is 3.15. The number of halogens is 1. The number of para-hydroxylation sites is 1. The highest BCUT2D eigenvalue weighted by Gasteiger charge is 2.23. The molecule has 0 aliphatic carbocycles. The number of anilines is 2. The maximum absolute atomic E-state index is 11.2. The zero-order valence-corrected chi connectivity index (χ0v) is 19.4. The molecule has 1 unspecified atom stereocenters. The first kappa shape index (κ1) is 23.0. The maximum atomic E-state index is 11.2. The Bertz CT molecular complexity index is 812. The molecule has 1 aliphatic rings. The van der Waals surface area contributed by atoms with Crippen LogP contribution in [0.1, 0.15) is 25.8 Å². The number of benzene rings is 2. The molecule has 1 aliphatic heterocycles. The Labute approximate surface area is 190 Å². The van der Waals surface area contributed by atoms with Crippen LogP contribution in [0.25, 0.3) is 0 Å². The van der Waals surface area contributed by atoms with Crippen LogP contribution in [0, 0.1) is 0 Å². The molecular weight excluding hydrogens is 477 g/mol. The van der Waals surface area contributed by atoms with E-state index in [0.717, 1.165) is 43.3 Å². The van der Waals surface area contributed by atoms with Gasteiger partial charge in [0.1, 0.15) is 0 Å². The molecule has 6 nitrogen and oxygen atoms in total. The lowest BCUT2D eigenvalue weighted by Gasteiger charge is -2.20. The summed E-state index contributed by atoms with van der Waals surface area (Å²) in [6.07, 6.45) is 1.08. The molecule has 7 heteroatoms. The molecule has 0 spiro atoms. The van der Waals surface area contributed by atoms with Crippen molar-refractivity contribution in [3.05, 3.63) is 60.2 Å². The van der Waals surface area contributed by atoms with E-state index in [1.54, 1.807) is 0 Å². The molecule has 3 rings (SSSR count). The Morgan fingerprint density at radius 1 is 1.17 bits per heavy atom. The molecule has 1 atom stereocenters. The van der Waals surface area contributed by atoms with Gasteiger partial charge >= 0.3 is 0 Å². The Hall–Kier alpha value is -2.29. The number of hydrogen-bond donors (Lipinski definition) is 3. The van der Waals surface area contributed by atoms with Crippen LogP contribution in [-0.4, -0.2) is 37.5 Å². The number of nitrogens with one attached hydrogen (secondary N) is 3. The third kappa shape index (κ3) is 7.23. The average molecular weight is 507 g/mol. The van der Waals surface area contributed by atoms with Gasteiger partial charge in [0.15, 0.2) is 5.96 Å². The Balaban J connectivity index is 0.00000300. The third-order valence-corrected chi connectivity index (χ3v) is 4.66. The lowest BCUT2D eigenvalue weighted by molar-refractivity contribution is -0.114. The van der Waals surface area contributed by atoms with Gasteiger partial charge in [0.05, 0.1) is 6.54 Å². The van der Waals surface area contributed by atoms with E-state index in [1.165, 1.54) is 12.6 Å². The summed E-state index contributed by atoms with van der Waals surface area (Å²) >= 11 is 0. The van der Waals surface area contributed by atoms with Crippen LogP contribution in [-0.2, 0) is 11.3 Å². The first-order valence-electron chi connectivity index (χ1n) is 9.85. The zero-order chi connectivity index (χ0) is 19.8. The number of amides is 1. The van der Waals surface area contributed by atoms with Crippen molar-refractivity contribution in [2.75, 3.05) is 29.9 Å². The summed E-state index contributed by atoms with van der Waals surface area (Å²) in [4.78, 5) is 18.4. The van der Waals surface area contributed by atoms with Gasteiger partial charge in [-0.1, -0.05) is 30.3 Å². The summed E-state index contributed by atoms with van der Waals surface area (Å²) in [5, 5.41) is 9.71. The van der Waals surface area contributed by atoms with Crippen molar-refractivity contribution in [2.45, 2.75) is 32.9 Å². The standard InChI is InChI=1S/C22H29N5O.HI/c1-3-23-22(24-15-18-8-7-9-19(14-18)25-17(2)28)26-20-12-13-27(16-20)21-10-5-4-6-11-21;/h4-11,14,20H,3,12-13,15-16H2,1-2H3,(H,25,28)(H2,23,24,26);1H. The predicted octanol–water partition coefficient (Wildman–Crippen LogP) is 3.60. The number of nitrogens with zero attached hydrogens (tertiary/aromatic N) is 2. The smallest absolute Gasteiger partial charge is 0.221 e. The fourth-order valence-corrected chi connectivity index (χ4v) is 3.39. The van der Waals surface area contributed by atoms with Crippen LogP contribution in [0.4, 0.5) is 11.4 Å². The van der Waals surface area contributed by atoms with Crippen LogP contribution in [0.5, 0.6) is 0 Å². The molecule has 29 heavy (non-hydrogen) atoms. The third-order valence-electron chi connectivity index (χ3n) is 4.66. The highest BCUT2D eigenvalue weighted by Crippen LogP contribution is 2.19. The second kappa shape index (κ2) is 11.6. The van der Waals surface area contributed by atoms with Gasteiger partial charge in [0.25, 0.3) is 0 Å². The first-order chi connectivity index (χ1) is 13.6. The van der Waals surface area contributed by atoms with Crippen LogP contribution >= 0.6 is 24.0 Å². The molecule has 1 fully saturated rings. The lowest BCUT2D eigenvalue weighted by Crippen LogP contribution is -2.44. The molecule has 1 heterocycles. The Morgan fingerprint density at radius 3 is 2.69 bits per heavy atom. The van der Waals surface area contributed by atoms with Crippen molar-refractivity contribution in [3.63, 3.8) is 0 Å². The largest absolute Gasteiger partial charge is 0.369 e. The number of guanidine groups is 1. The molecule has 0 radical (unpaired) electrons. The van der Waals surface area contributed by atoms with Crippen LogP contribution in [0.2, 0.25) is 0 Å². The molecule has 2 aromatic carbocycles. The molecule has 3 N–H and O–H groups in total. The van der Waals surface area contributed by atoms with Crippen molar-refractivity contribution >= 4 is 47.2 Å². The van der Waals surface area contributed by atoms with Gasteiger partial charge < -0.3 is 20.9 Å². The van der Waals surface area contributed by atoms with Crippen LogP contribution < -0.4 is 20.9 Å². The fourth-order valence-electron chi connectivity index (χ4n) is 3.39. The highest BCUT2D eigenvalue weighted by molar-refractivity contribution is 14.0. The topological polar surface area (TPSA) is 68.8 Å². The van der Waals surface area contributed by atoms with E-state index in [4.69, 9.17) is 4.99 Å². The fraction of sp³-hybridized carbons (Fsp3) is 0.364. The van der Waals surface area contributed by atoms with E-state index in [-0.39, 0.29) is 29.9 Å². The molecule has 156 valence electrons. The quantitative estimate of drug-likeness (QED) is 0.318. The molecular formula is C22H30IN5O. The normalized spacial score (nSPS) is 16.1. The Kier molecular flexibility index (Phi) is 9.24. The lowest BCUT2D eigenvalue weighted by atomic mass is 10.2. The number of carbonyl (C=O) groups excluding carboxylic acids is 1. The molecule has 1 amide bonds. The zero-order valence-electron chi connectivity index (χ0n) is 17.0. The minimum absolute atomic E-state index is 0. The van der Waals surface area contributed by atoms with Gasteiger partial charge in [-0.15, -0.1) is 24.0 Å². The van der Waals surface area contributed by atoms with E-state index >= 15 is 0 Å². The van der Waals surface area contributed by atoms with Crippen molar-refractivity contribution in [3.8, 4) is 0 Å². The number of carbonyl (C=O) groups is 1. The van der Waals surface area contributed by atoms with Gasteiger partial charge in [0.2, 0.25) is 5.91 Å².